The van der Waals surface area contributed by atoms with Gasteiger partial charge in [0, 0.05) is 24.8 Å². The van der Waals surface area contributed by atoms with Crippen LogP contribution in [-0.2, 0) is 4.79 Å². The van der Waals surface area contributed by atoms with Crippen LogP contribution in [0.25, 0.3) is 0 Å². The van der Waals surface area contributed by atoms with Crippen LogP contribution in [0.4, 0.5) is 10.5 Å². The molecule has 1 aliphatic carbocycles. The van der Waals surface area contributed by atoms with Crippen LogP contribution in [0.5, 0.6) is 0 Å². The number of nitrogens with zero attached hydrogens (tertiary/aromatic N) is 1. The number of hydrogen-bond donors (Lipinski definition) is 2. The lowest BCUT2D eigenvalue weighted by atomic mass is 9.86. The fraction of sp³-hybridized carbons (Fsp3) is 0.600. The van der Waals surface area contributed by atoms with Crippen molar-refractivity contribution in [1.82, 2.24) is 10.2 Å². The van der Waals surface area contributed by atoms with Crippen molar-refractivity contribution in [2.24, 2.45) is 11.8 Å². The first-order valence-electron chi connectivity index (χ1n) is 9.55. The van der Waals surface area contributed by atoms with Crippen molar-refractivity contribution >= 4 is 17.6 Å². The number of amides is 3. The number of para-hydroxylation sites is 1. The number of hydrogen-bond acceptors (Lipinski definition) is 2. The minimum absolute atomic E-state index is 0.00374. The Kier molecular flexibility index (Phi) is 5.95. The van der Waals surface area contributed by atoms with Crippen LogP contribution < -0.4 is 10.6 Å². The zero-order chi connectivity index (χ0) is 17.6. The van der Waals surface area contributed by atoms with Gasteiger partial charge in [-0.2, -0.15) is 0 Å². The van der Waals surface area contributed by atoms with Crippen LogP contribution in [0.2, 0.25) is 0 Å². The second kappa shape index (κ2) is 8.37. The van der Waals surface area contributed by atoms with Crippen molar-refractivity contribution in [2.75, 3.05) is 18.4 Å². The first kappa shape index (κ1) is 17.8. The topological polar surface area (TPSA) is 61.4 Å². The fourth-order valence-electron chi connectivity index (χ4n) is 3.92. The molecule has 1 aromatic carbocycles. The summed E-state index contributed by atoms with van der Waals surface area (Å²) in [6.45, 7) is 3.46. The Morgan fingerprint density at radius 1 is 1.04 bits per heavy atom. The molecule has 136 valence electrons. The van der Waals surface area contributed by atoms with Crippen molar-refractivity contribution in [3.8, 4) is 0 Å². The third kappa shape index (κ3) is 4.74. The van der Waals surface area contributed by atoms with Crippen LogP contribution in [0.1, 0.15) is 45.4 Å². The Morgan fingerprint density at radius 3 is 2.56 bits per heavy atom. The predicted molar refractivity (Wildman–Crippen MR) is 99.3 cm³/mol. The molecule has 3 rings (SSSR count). The van der Waals surface area contributed by atoms with Gasteiger partial charge in [0.15, 0.2) is 0 Å². The third-order valence-corrected chi connectivity index (χ3v) is 5.54. The predicted octanol–water partition coefficient (Wildman–Crippen LogP) is 3.63. The lowest BCUT2D eigenvalue weighted by Crippen LogP contribution is -2.52. The molecule has 25 heavy (non-hydrogen) atoms. The van der Waals surface area contributed by atoms with Gasteiger partial charge in [-0.05, 0) is 43.7 Å². The molecular weight excluding hydrogens is 314 g/mol. The van der Waals surface area contributed by atoms with E-state index in [1.165, 1.54) is 19.3 Å². The molecule has 3 atom stereocenters. The zero-order valence-electron chi connectivity index (χ0n) is 15.0. The highest BCUT2D eigenvalue weighted by Gasteiger charge is 2.30. The van der Waals surface area contributed by atoms with Crippen molar-refractivity contribution in [2.45, 2.75) is 51.5 Å². The van der Waals surface area contributed by atoms with E-state index in [0.29, 0.717) is 12.5 Å². The van der Waals surface area contributed by atoms with Gasteiger partial charge in [0.2, 0.25) is 5.91 Å². The highest BCUT2D eigenvalue weighted by molar-refractivity contribution is 5.93. The largest absolute Gasteiger partial charge is 0.335 e. The van der Waals surface area contributed by atoms with E-state index in [1.807, 2.05) is 35.2 Å². The maximum atomic E-state index is 12.6. The monoisotopic (exact) mass is 343 g/mol. The Bertz CT molecular complexity index is 590. The summed E-state index contributed by atoms with van der Waals surface area (Å²) in [4.78, 5) is 26.9. The van der Waals surface area contributed by atoms with E-state index >= 15 is 0 Å². The molecule has 1 heterocycles. The van der Waals surface area contributed by atoms with Gasteiger partial charge in [0.1, 0.15) is 0 Å². The standard InChI is InChI=1S/C20H29N3O2/c1-15-8-5-6-12-18(15)22-20(25)23-13-7-9-16(14-23)19(24)21-17-10-3-2-4-11-17/h2-4,10-11,15-16,18H,5-9,12-14H2,1H3,(H,21,24)(H,22,25). The lowest BCUT2D eigenvalue weighted by molar-refractivity contribution is -0.121. The number of carbonyl (C=O) groups excluding carboxylic acids is 2. The number of benzene rings is 1. The highest BCUT2D eigenvalue weighted by Crippen LogP contribution is 2.24. The van der Waals surface area contributed by atoms with Crippen molar-refractivity contribution in [3.05, 3.63) is 30.3 Å². The van der Waals surface area contributed by atoms with E-state index < -0.39 is 0 Å². The molecule has 5 heteroatoms. The van der Waals surface area contributed by atoms with E-state index in [9.17, 15) is 9.59 Å². The molecular formula is C20H29N3O2. The number of urea groups is 1. The Morgan fingerprint density at radius 2 is 1.80 bits per heavy atom. The first-order chi connectivity index (χ1) is 12.1. The number of likely N-dealkylation sites (tertiary alicyclic amines) is 1. The quantitative estimate of drug-likeness (QED) is 0.880. The normalized spacial score (nSPS) is 26.8. The second-order valence-electron chi connectivity index (χ2n) is 7.46. The number of rotatable bonds is 3. The molecule has 1 aromatic rings. The minimum Gasteiger partial charge on any atom is -0.335 e. The number of anilines is 1. The first-order valence-corrected chi connectivity index (χ1v) is 9.55. The van der Waals surface area contributed by atoms with Gasteiger partial charge >= 0.3 is 6.03 Å². The molecule has 1 saturated carbocycles. The average molecular weight is 343 g/mol. The second-order valence-corrected chi connectivity index (χ2v) is 7.46. The summed E-state index contributed by atoms with van der Waals surface area (Å²) in [6, 6.07) is 9.78. The van der Waals surface area contributed by atoms with Gasteiger partial charge in [-0.3, -0.25) is 4.79 Å². The van der Waals surface area contributed by atoms with E-state index in [1.54, 1.807) is 0 Å². The summed E-state index contributed by atoms with van der Waals surface area (Å²) >= 11 is 0. The van der Waals surface area contributed by atoms with Crippen LogP contribution >= 0.6 is 0 Å². The SMILES string of the molecule is CC1CCCCC1NC(=O)N1CCCC(C(=O)Nc2ccccc2)C1. The summed E-state index contributed by atoms with van der Waals surface area (Å²) < 4.78 is 0. The van der Waals surface area contributed by atoms with Crippen LogP contribution in [0, 0.1) is 11.8 Å². The smallest absolute Gasteiger partial charge is 0.317 e. The van der Waals surface area contributed by atoms with E-state index in [2.05, 4.69) is 17.6 Å². The molecule has 5 nitrogen and oxygen atoms in total. The van der Waals surface area contributed by atoms with E-state index in [4.69, 9.17) is 0 Å². The van der Waals surface area contributed by atoms with Crippen LogP contribution in [-0.4, -0.2) is 36.0 Å². The molecule has 1 aliphatic heterocycles. The molecule has 0 bridgehead atoms. The maximum absolute atomic E-state index is 12.6. The lowest BCUT2D eigenvalue weighted by Gasteiger charge is -2.35. The van der Waals surface area contributed by atoms with Crippen molar-refractivity contribution in [1.29, 1.82) is 0 Å². The molecule has 0 spiro atoms. The Balaban J connectivity index is 1.53. The van der Waals surface area contributed by atoms with Gasteiger partial charge in [0.05, 0.1) is 5.92 Å². The summed E-state index contributed by atoms with van der Waals surface area (Å²) in [6.07, 6.45) is 6.42. The molecule has 0 radical (unpaired) electrons. The van der Waals surface area contributed by atoms with Crippen LogP contribution in [0.15, 0.2) is 30.3 Å². The van der Waals surface area contributed by atoms with Gasteiger partial charge in [-0.25, -0.2) is 4.79 Å². The van der Waals surface area contributed by atoms with Crippen molar-refractivity contribution < 1.29 is 9.59 Å². The number of nitrogens with one attached hydrogen (secondary N) is 2. The average Bonchev–Trinajstić information content (AvgIpc) is 2.64. The summed E-state index contributed by atoms with van der Waals surface area (Å²) in [5.74, 6) is 0.415. The third-order valence-electron chi connectivity index (χ3n) is 5.54. The van der Waals surface area contributed by atoms with Gasteiger partial charge in [-0.15, -0.1) is 0 Å². The van der Waals surface area contributed by atoms with Crippen LogP contribution in [0.3, 0.4) is 0 Å². The number of carbonyl (C=O) groups is 2. The molecule has 0 aromatic heterocycles. The minimum atomic E-state index is -0.136. The summed E-state index contributed by atoms with van der Waals surface area (Å²) in [5, 5.41) is 6.17. The Hall–Kier alpha value is -2.04. The summed E-state index contributed by atoms with van der Waals surface area (Å²) in [5.41, 5.74) is 0.810. The molecule has 2 aliphatic rings. The fourth-order valence-corrected chi connectivity index (χ4v) is 3.92. The van der Waals surface area contributed by atoms with Gasteiger partial charge < -0.3 is 15.5 Å². The molecule has 1 saturated heterocycles. The molecule has 3 amide bonds. The zero-order valence-corrected chi connectivity index (χ0v) is 15.0. The maximum Gasteiger partial charge on any atom is 0.317 e. The van der Waals surface area contributed by atoms with E-state index in [-0.39, 0.29) is 23.9 Å². The van der Waals surface area contributed by atoms with Crippen molar-refractivity contribution in [3.63, 3.8) is 0 Å². The van der Waals surface area contributed by atoms with E-state index in [0.717, 1.165) is 31.5 Å². The molecule has 2 fully saturated rings. The number of piperidine rings is 1. The Labute approximate surface area is 150 Å². The molecule has 2 N–H and O–H groups in total. The van der Waals surface area contributed by atoms with Gasteiger partial charge in [0.25, 0.3) is 0 Å². The molecule has 3 unspecified atom stereocenters. The van der Waals surface area contributed by atoms with Gasteiger partial charge in [-0.1, -0.05) is 38.0 Å². The summed E-state index contributed by atoms with van der Waals surface area (Å²) in [7, 11) is 0. The highest BCUT2D eigenvalue weighted by atomic mass is 16.2.